The van der Waals surface area contributed by atoms with Gasteiger partial charge in [0.1, 0.15) is 0 Å². The molecule has 8 heteroatoms. The van der Waals surface area contributed by atoms with Gasteiger partial charge in [0.15, 0.2) is 16.8 Å². The highest BCUT2D eigenvalue weighted by molar-refractivity contribution is 8.00. The van der Waals surface area contributed by atoms with Crippen LogP contribution in [0.5, 0.6) is 0 Å². The third-order valence-electron chi connectivity index (χ3n) is 5.93. The Bertz CT molecular complexity index is 1360. The fourth-order valence-corrected chi connectivity index (χ4v) is 4.86. The van der Waals surface area contributed by atoms with Crippen molar-refractivity contribution in [2.45, 2.75) is 50.9 Å². The lowest BCUT2D eigenvalue weighted by molar-refractivity contribution is -0.115. The number of Topliss-reactive ketones (excluding diaryl/α,β-unsaturated/α-hetero) is 1. The number of carbonyl (C=O) groups excluding carboxylic acids is 2. The van der Waals surface area contributed by atoms with Gasteiger partial charge in [0, 0.05) is 29.2 Å². The number of ketones is 1. The second-order valence-electron chi connectivity index (χ2n) is 8.40. The molecule has 36 heavy (non-hydrogen) atoms. The number of carbonyl (C=O) groups is 2. The van der Waals surface area contributed by atoms with Gasteiger partial charge >= 0.3 is 0 Å². The first-order valence-electron chi connectivity index (χ1n) is 12.0. The van der Waals surface area contributed by atoms with Gasteiger partial charge < -0.3 is 5.32 Å². The van der Waals surface area contributed by atoms with Crippen LogP contribution in [0.15, 0.2) is 72.1 Å². The normalized spacial score (nSPS) is 11.8. The molecule has 1 atom stereocenters. The van der Waals surface area contributed by atoms with Crippen LogP contribution in [0.2, 0.25) is 0 Å². The van der Waals surface area contributed by atoms with Crippen LogP contribution in [-0.4, -0.2) is 36.7 Å². The minimum absolute atomic E-state index is 0.0501. The number of thioether (sulfide) groups is 1. The molecule has 4 aromatic rings. The smallest absolute Gasteiger partial charge is 0.237 e. The average molecular weight is 500 g/mol. The molecule has 2 aromatic carbocycles. The van der Waals surface area contributed by atoms with Crippen molar-refractivity contribution >= 4 is 29.1 Å². The minimum atomic E-state index is -0.463. The molecular weight excluding hydrogens is 470 g/mol. The number of hydrogen-bond acceptors (Lipinski definition) is 6. The molecule has 7 nitrogen and oxygen atoms in total. The van der Waals surface area contributed by atoms with Gasteiger partial charge in [0.2, 0.25) is 5.91 Å². The summed E-state index contributed by atoms with van der Waals surface area (Å²) in [4.78, 5) is 29.1. The lowest BCUT2D eigenvalue weighted by Gasteiger charge is -2.19. The summed E-state index contributed by atoms with van der Waals surface area (Å²) in [6.45, 7) is 7.60. The largest absolute Gasteiger partial charge is 0.325 e. The van der Waals surface area contributed by atoms with Crippen LogP contribution in [0.3, 0.4) is 0 Å². The number of amides is 1. The van der Waals surface area contributed by atoms with Crippen LogP contribution in [0.1, 0.15) is 49.2 Å². The number of rotatable bonds is 9. The second kappa shape index (κ2) is 11.3. The predicted octanol–water partition coefficient (Wildman–Crippen LogP) is 5.78. The highest BCUT2D eigenvalue weighted by Crippen LogP contribution is 2.33. The van der Waals surface area contributed by atoms with Gasteiger partial charge in [-0.3, -0.25) is 19.1 Å². The maximum absolute atomic E-state index is 13.1. The Morgan fingerprint density at radius 3 is 2.36 bits per heavy atom. The zero-order chi connectivity index (χ0) is 25.7. The second-order valence-corrected chi connectivity index (χ2v) is 9.71. The predicted molar refractivity (Wildman–Crippen MR) is 144 cm³/mol. The molecule has 0 aliphatic carbocycles. The highest BCUT2D eigenvalue weighted by Gasteiger charge is 2.24. The van der Waals surface area contributed by atoms with E-state index >= 15 is 0 Å². The number of anilines is 1. The monoisotopic (exact) mass is 499 g/mol. The Hall–Kier alpha value is -3.78. The van der Waals surface area contributed by atoms with Crippen molar-refractivity contribution in [1.29, 1.82) is 0 Å². The first-order chi connectivity index (χ1) is 17.4. The van der Waals surface area contributed by atoms with Crippen LogP contribution < -0.4 is 5.32 Å². The van der Waals surface area contributed by atoms with E-state index < -0.39 is 5.25 Å². The van der Waals surface area contributed by atoms with Crippen LogP contribution in [-0.2, 0) is 17.6 Å². The number of aromatic nitrogens is 4. The Labute approximate surface area is 215 Å². The van der Waals surface area contributed by atoms with Crippen LogP contribution in [0.25, 0.3) is 17.1 Å². The van der Waals surface area contributed by atoms with Crippen molar-refractivity contribution in [3.8, 4) is 17.1 Å². The SMILES string of the molecule is CCc1cccc(CC)c1-n1c(S[C@H](C)C(=O)Nc2cccc(C(C)=O)c2)nnc1-c1cccnc1. The summed E-state index contributed by atoms with van der Waals surface area (Å²) in [5.74, 6) is 0.450. The fourth-order valence-electron chi connectivity index (χ4n) is 4.00. The van der Waals surface area contributed by atoms with Crippen LogP contribution >= 0.6 is 11.8 Å². The van der Waals surface area contributed by atoms with Crippen molar-refractivity contribution in [3.05, 3.63) is 83.7 Å². The van der Waals surface area contributed by atoms with Gasteiger partial charge in [0.05, 0.1) is 10.9 Å². The zero-order valence-corrected chi connectivity index (χ0v) is 21.7. The molecule has 0 unspecified atom stereocenters. The van der Waals surface area contributed by atoms with E-state index in [1.807, 2.05) is 19.1 Å². The number of nitrogens with zero attached hydrogens (tertiary/aromatic N) is 4. The van der Waals surface area contributed by atoms with Gasteiger partial charge in [-0.25, -0.2) is 0 Å². The molecule has 184 valence electrons. The van der Waals surface area contributed by atoms with Gasteiger partial charge in [-0.05, 0) is 62.1 Å². The van der Waals surface area contributed by atoms with E-state index in [1.54, 1.807) is 36.7 Å². The van der Waals surface area contributed by atoms with Gasteiger partial charge in [-0.2, -0.15) is 0 Å². The van der Waals surface area contributed by atoms with E-state index in [2.05, 4.69) is 57.1 Å². The van der Waals surface area contributed by atoms with E-state index in [4.69, 9.17) is 0 Å². The summed E-state index contributed by atoms with van der Waals surface area (Å²) < 4.78 is 2.06. The summed E-state index contributed by atoms with van der Waals surface area (Å²) in [5.41, 5.74) is 5.40. The van der Waals surface area contributed by atoms with E-state index in [-0.39, 0.29) is 11.7 Å². The number of hydrogen-bond donors (Lipinski definition) is 1. The summed E-state index contributed by atoms with van der Waals surface area (Å²) in [7, 11) is 0. The van der Waals surface area contributed by atoms with Crippen molar-refractivity contribution in [2.24, 2.45) is 0 Å². The molecule has 0 spiro atoms. The van der Waals surface area contributed by atoms with E-state index in [1.165, 1.54) is 29.8 Å². The molecule has 2 heterocycles. The first-order valence-corrected chi connectivity index (χ1v) is 12.9. The highest BCUT2D eigenvalue weighted by atomic mass is 32.2. The number of aryl methyl sites for hydroxylation is 2. The maximum atomic E-state index is 13.1. The first kappa shape index (κ1) is 25.3. The fraction of sp³-hybridized carbons (Fsp3) is 0.250. The summed E-state index contributed by atoms with van der Waals surface area (Å²) in [6, 6.07) is 17.1. The Kier molecular flexibility index (Phi) is 7.95. The lowest BCUT2D eigenvalue weighted by atomic mass is 10.0. The molecule has 0 aliphatic rings. The minimum Gasteiger partial charge on any atom is -0.325 e. The Morgan fingerprint density at radius 2 is 1.72 bits per heavy atom. The zero-order valence-electron chi connectivity index (χ0n) is 20.9. The molecule has 1 N–H and O–H groups in total. The van der Waals surface area contributed by atoms with Gasteiger partial charge in [-0.1, -0.05) is 55.9 Å². The summed E-state index contributed by atoms with van der Waals surface area (Å²) in [5, 5.41) is 12.1. The quantitative estimate of drug-likeness (QED) is 0.232. The number of benzene rings is 2. The summed E-state index contributed by atoms with van der Waals surface area (Å²) >= 11 is 1.35. The maximum Gasteiger partial charge on any atom is 0.237 e. The third kappa shape index (κ3) is 5.39. The number of nitrogens with one attached hydrogen (secondary N) is 1. The molecule has 0 saturated heterocycles. The van der Waals surface area contributed by atoms with E-state index in [9.17, 15) is 9.59 Å². The van der Waals surface area contributed by atoms with Crippen molar-refractivity contribution in [2.75, 3.05) is 5.32 Å². The third-order valence-corrected chi connectivity index (χ3v) is 6.97. The molecule has 0 saturated carbocycles. The van der Waals surface area contributed by atoms with Crippen LogP contribution in [0.4, 0.5) is 5.69 Å². The van der Waals surface area contributed by atoms with E-state index in [0.29, 0.717) is 22.2 Å². The van der Waals surface area contributed by atoms with E-state index in [0.717, 1.165) is 24.1 Å². The average Bonchev–Trinajstić information content (AvgIpc) is 3.31. The molecule has 4 rings (SSSR count). The molecule has 1 amide bonds. The Balaban J connectivity index is 1.71. The molecule has 0 fully saturated rings. The van der Waals surface area contributed by atoms with Gasteiger partial charge in [0.25, 0.3) is 0 Å². The molecule has 2 aromatic heterocycles. The Morgan fingerprint density at radius 1 is 1.00 bits per heavy atom. The van der Waals surface area contributed by atoms with Crippen molar-refractivity contribution < 1.29 is 9.59 Å². The topological polar surface area (TPSA) is 89.8 Å². The molecule has 0 radical (unpaired) electrons. The summed E-state index contributed by atoms with van der Waals surface area (Å²) in [6.07, 6.45) is 5.19. The van der Waals surface area contributed by atoms with Crippen molar-refractivity contribution in [1.82, 2.24) is 19.7 Å². The number of para-hydroxylation sites is 1. The van der Waals surface area contributed by atoms with Crippen LogP contribution in [0, 0.1) is 0 Å². The molecule has 0 bridgehead atoms. The number of pyridine rings is 1. The molecule has 0 aliphatic heterocycles. The standard InChI is InChI=1S/C28H29N5O2S/c1-5-20-10-7-11-21(6-2)25(20)33-26(23-13-9-15-29-17-23)31-32-28(33)36-19(4)27(35)30-24-14-8-12-22(16-24)18(3)34/h7-17,19H,5-6H2,1-4H3,(H,30,35)/t19-/m1/s1. The van der Waals surface area contributed by atoms with Crippen molar-refractivity contribution in [3.63, 3.8) is 0 Å². The van der Waals surface area contributed by atoms with Gasteiger partial charge in [-0.15, -0.1) is 10.2 Å². The lowest BCUT2D eigenvalue weighted by Crippen LogP contribution is -2.23. The molecular formula is C28H29N5O2S.